The average Bonchev–Trinajstić information content (AvgIpc) is 3.38. The van der Waals surface area contributed by atoms with Gasteiger partial charge in [0.1, 0.15) is 5.75 Å². The van der Waals surface area contributed by atoms with Crippen molar-refractivity contribution in [3.8, 4) is 16.3 Å². The van der Waals surface area contributed by atoms with Crippen LogP contribution in [0.15, 0.2) is 66.0 Å². The topological polar surface area (TPSA) is 121 Å². The second-order valence-corrected chi connectivity index (χ2v) is 8.18. The lowest BCUT2D eigenvalue weighted by atomic mass is 10.1. The van der Waals surface area contributed by atoms with Crippen molar-refractivity contribution in [2.24, 2.45) is 0 Å². The molecule has 0 aliphatic carbocycles. The van der Waals surface area contributed by atoms with Crippen LogP contribution in [0.5, 0.6) is 5.75 Å². The van der Waals surface area contributed by atoms with Gasteiger partial charge in [-0.2, -0.15) is 0 Å². The lowest BCUT2D eigenvalue weighted by molar-refractivity contribution is -0.384. The van der Waals surface area contributed by atoms with Gasteiger partial charge in [0.2, 0.25) is 0 Å². The number of anilines is 1. The number of aromatic nitrogens is 1. The van der Waals surface area contributed by atoms with Crippen molar-refractivity contribution in [2.75, 3.05) is 12.4 Å². The van der Waals surface area contributed by atoms with Gasteiger partial charge in [-0.1, -0.05) is 24.3 Å². The lowest BCUT2D eigenvalue weighted by Gasteiger charge is -2.16. The second kappa shape index (κ2) is 9.67. The summed E-state index contributed by atoms with van der Waals surface area (Å²) in [5, 5.41) is 16.1. The normalized spacial score (nSPS) is 11.6. The number of non-ortho nitro benzene ring substituents is 1. The minimum atomic E-state index is -1.19. The fourth-order valence-corrected chi connectivity index (χ4v) is 4.00. The van der Waals surface area contributed by atoms with Crippen molar-refractivity contribution >= 4 is 45.5 Å². The summed E-state index contributed by atoms with van der Waals surface area (Å²) < 4.78 is 10.6. The summed E-state index contributed by atoms with van der Waals surface area (Å²) in [4.78, 5) is 41.8. The molecular formula is C24H19N3O6S. The quantitative estimate of drug-likeness (QED) is 0.224. The first-order chi connectivity index (χ1) is 16.4. The van der Waals surface area contributed by atoms with E-state index in [4.69, 9.17) is 9.47 Å². The molecule has 0 fully saturated rings. The summed E-state index contributed by atoms with van der Waals surface area (Å²) >= 11 is 1.49. The average molecular weight is 477 g/mol. The number of amides is 1. The maximum absolute atomic E-state index is 13.1. The Labute approximate surface area is 198 Å². The SMILES string of the molecule is COc1ccc([N+](=O)[O-])cc1NC(=O)C(C)OC(=O)c1cc(-c2cccs2)nc2ccccc12. The van der Waals surface area contributed by atoms with Gasteiger partial charge in [0.05, 0.1) is 39.4 Å². The van der Waals surface area contributed by atoms with Crippen LogP contribution in [0.25, 0.3) is 21.5 Å². The highest BCUT2D eigenvalue weighted by atomic mass is 32.1. The van der Waals surface area contributed by atoms with Crippen molar-refractivity contribution in [3.05, 3.63) is 81.7 Å². The molecule has 2 aromatic heterocycles. The number of pyridine rings is 1. The Morgan fingerprint density at radius 1 is 1.12 bits per heavy atom. The monoisotopic (exact) mass is 477 g/mol. The van der Waals surface area contributed by atoms with Gasteiger partial charge in [0, 0.05) is 17.5 Å². The minimum absolute atomic E-state index is 0.0962. The molecule has 1 amide bonds. The van der Waals surface area contributed by atoms with Gasteiger partial charge >= 0.3 is 5.97 Å². The zero-order chi connectivity index (χ0) is 24.2. The molecule has 4 aromatic rings. The fraction of sp³-hybridized carbons (Fsp3) is 0.125. The van der Waals surface area contributed by atoms with Crippen LogP contribution in [0.3, 0.4) is 0 Å². The van der Waals surface area contributed by atoms with Gasteiger partial charge in [-0.15, -0.1) is 11.3 Å². The first kappa shape index (κ1) is 22.9. The number of hydrogen-bond donors (Lipinski definition) is 1. The number of benzene rings is 2. The molecule has 34 heavy (non-hydrogen) atoms. The van der Waals surface area contributed by atoms with E-state index in [1.807, 2.05) is 23.6 Å². The third kappa shape index (κ3) is 4.71. The molecule has 0 saturated heterocycles. The van der Waals surface area contributed by atoms with Gasteiger partial charge in [0.25, 0.3) is 11.6 Å². The summed E-state index contributed by atoms with van der Waals surface area (Å²) in [6.07, 6.45) is -1.19. The number of rotatable bonds is 7. The fourth-order valence-electron chi connectivity index (χ4n) is 3.31. The third-order valence-corrected chi connectivity index (χ3v) is 5.91. The van der Waals surface area contributed by atoms with Crippen LogP contribution in [0.1, 0.15) is 17.3 Å². The molecule has 9 nitrogen and oxygen atoms in total. The maximum Gasteiger partial charge on any atom is 0.339 e. The van der Waals surface area contributed by atoms with Crippen LogP contribution in [-0.2, 0) is 9.53 Å². The van der Waals surface area contributed by atoms with Crippen molar-refractivity contribution < 1.29 is 24.0 Å². The van der Waals surface area contributed by atoms with Crippen LogP contribution in [0, 0.1) is 10.1 Å². The lowest BCUT2D eigenvalue weighted by Crippen LogP contribution is -2.30. The van der Waals surface area contributed by atoms with E-state index < -0.39 is 22.9 Å². The summed E-state index contributed by atoms with van der Waals surface area (Å²) in [7, 11) is 1.38. The molecule has 2 heterocycles. The molecule has 1 unspecified atom stereocenters. The Bertz CT molecular complexity index is 1390. The van der Waals surface area contributed by atoms with E-state index in [2.05, 4.69) is 10.3 Å². The maximum atomic E-state index is 13.1. The van der Waals surface area contributed by atoms with E-state index in [-0.39, 0.29) is 22.7 Å². The molecule has 4 rings (SSSR count). The second-order valence-electron chi connectivity index (χ2n) is 7.23. The van der Waals surface area contributed by atoms with Crippen LogP contribution in [0.4, 0.5) is 11.4 Å². The van der Waals surface area contributed by atoms with Crippen LogP contribution < -0.4 is 10.1 Å². The number of nitrogens with one attached hydrogen (secondary N) is 1. The Morgan fingerprint density at radius 3 is 2.62 bits per heavy atom. The predicted octanol–water partition coefficient (Wildman–Crippen LogP) is 5.06. The molecule has 1 atom stereocenters. The van der Waals surface area contributed by atoms with E-state index >= 15 is 0 Å². The Balaban J connectivity index is 1.58. The van der Waals surface area contributed by atoms with Gasteiger partial charge in [0.15, 0.2) is 6.10 Å². The highest BCUT2D eigenvalue weighted by Crippen LogP contribution is 2.30. The number of fused-ring (bicyclic) bond motifs is 1. The van der Waals surface area contributed by atoms with Crippen molar-refractivity contribution in [1.29, 1.82) is 0 Å². The number of nitro benzene ring substituents is 1. The summed E-state index contributed by atoms with van der Waals surface area (Å²) in [5.74, 6) is -1.12. The molecule has 0 saturated carbocycles. The number of nitro groups is 1. The van der Waals surface area contributed by atoms with Gasteiger partial charge < -0.3 is 14.8 Å². The number of para-hydroxylation sites is 1. The number of carbonyl (C=O) groups excluding carboxylic acids is 2. The van der Waals surface area contributed by atoms with Crippen molar-refractivity contribution in [2.45, 2.75) is 13.0 Å². The molecule has 1 N–H and O–H groups in total. The van der Waals surface area contributed by atoms with Crippen molar-refractivity contribution in [1.82, 2.24) is 4.98 Å². The first-order valence-corrected chi connectivity index (χ1v) is 11.0. The third-order valence-electron chi connectivity index (χ3n) is 5.01. The number of esters is 1. The van der Waals surface area contributed by atoms with E-state index in [0.29, 0.717) is 16.6 Å². The summed E-state index contributed by atoms with van der Waals surface area (Å²) in [5.41, 5.74) is 1.41. The Hall–Kier alpha value is -4.31. The summed E-state index contributed by atoms with van der Waals surface area (Å²) in [6, 6.07) is 16.4. The van der Waals surface area contributed by atoms with Crippen LogP contribution in [0.2, 0.25) is 0 Å². The van der Waals surface area contributed by atoms with E-state index in [9.17, 15) is 19.7 Å². The van der Waals surface area contributed by atoms with E-state index in [1.165, 1.54) is 43.6 Å². The van der Waals surface area contributed by atoms with Gasteiger partial charge in [-0.25, -0.2) is 9.78 Å². The molecule has 10 heteroatoms. The molecule has 0 spiro atoms. The molecule has 0 radical (unpaired) electrons. The molecule has 0 aliphatic heterocycles. The number of hydrogen-bond acceptors (Lipinski definition) is 8. The molecule has 0 aliphatic rings. The smallest absolute Gasteiger partial charge is 0.339 e. The number of ether oxygens (including phenoxy) is 2. The number of methoxy groups -OCH3 is 1. The molecule has 0 bridgehead atoms. The standard InChI is InChI=1S/C24H19N3O6S/c1-14(23(28)26-19-12-15(27(30)31)9-10-21(19)32-2)33-24(29)17-13-20(22-8-5-11-34-22)25-18-7-4-3-6-16(17)18/h3-14H,1-2H3,(H,26,28). The number of carbonyl (C=O) groups is 2. The van der Waals surface area contributed by atoms with Gasteiger partial charge in [-0.3, -0.25) is 14.9 Å². The Morgan fingerprint density at radius 2 is 1.91 bits per heavy atom. The minimum Gasteiger partial charge on any atom is -0.495 e. The van der Waals surface area contributed by atoms with Crippen LogP contribution >= 0.6 is 11.3 Å². The first-order valence-electron chi connectivity index (χ1n) is 10.2. The Kier molecular flexibility index (Phi) is 6.51. The zero-order valence-corrected chi connectivity index (χ0v) is 19.0. The largest absolute Gasteiger partial charge is 0.495 e. The molecule has 2 aromatic carbocycles. The predicted molar refractivity (Wildman–Crippen MR) is 128 cm³/mol. The van der Waals surface area contributed by atoms with Gasteiger partial charge in [-0.05, 0) is 36.6 Å². The summed E-state index contributed by atoms with van der Waals surface area (Å²) in [6.45, 7) is 1.42. The van der Waals surface area contributed by atoms with Crippen molar-refractivity contribution in [3.63, 3.8) is 0 Å². The molecule has 172 valence electrons. The van der Waals surface area contributed by atoms with E-state index in [1.54, 1.807) is 24.3 Å². The highest BCUT2D eigenvalue weighted by Gasteiger charge is 2.23. The zero-order valence-electron chi connectivity index (χ0n) is 18.2. The highest BCUT2D eigenvalue weighted by molar-refractivity contribution is 7.13. The number of nitrogens with zero attached hydrogens (tertiary/aromatic N) is 2. The van der Waals surface area contributed by atoms with Crippen LogP contribution in [-0.4, -0.2) is 35.0 Å². The molecular weight excluding hydrogens is 458 g/mol. The van der Waals surface area contributed by atoms with E-state index in [0.717, 1.165) is 4.88 Å². The number of thiophene rings is 1.